The van der Waals surface area contributed by atoms with Crippen molar-refractivity contribution in [2.45, 2.75) is 97.0 Å². The topological polar surface area (TPSA) is 29.5 Å². The first kappa shape index (κ1) is 18.9. The summed E-state index contributed by atoms with van der Waals surface area (Å²) in [6.45, 7) is 5.33. The van der Waals surface area contributed by atoms with Crippen LogP contribution in [0.3, 0.4) is 0 Å². The summed E-state index contributed by atoms with van der Waals surface area (Å²) < 4.78 is 5.34. The third-order valence-electron chi connectivity index (χ3n) is 3.50. The normalized spacial score (nSPS) is 12.8. The third kappa shape index (κ3) is 17.9. The molecular formula is C17H36O2. The van der Waals surface area contributed by atoms with Crippen LogP contribution in [0.4, 0.5) is 0 Å². The van der Waals surface area contributed by atoms with Gasteiger partial charge in [0.2, 0.25) is 0 Å². The minimum atomic E-state index is -0.322. The SMILES string of the molecule is CCCCCCCCCCCCCCOCC(C)O. The van der Waals surface area contributed by atoms with Crippen LogP contribution in [-0.4, -0.2) is 24.4 Å². The Morgan fingerprint density at radius 1 is 0.737 bits per heavy atom. The van der Waals surface area contributed by atoms with E-state index in [4.69, 9.17) is 9.84 Å². The van der Waals surface area contributed by atoms with Gasteiger partial charge < -0.3 is 9.84 Å². The average molecular weight is 272 g/mol. The van der Waals surface area contributed by atoms with Gasteiger partial charge in [-0.2, -0.15) is 0 Å². The largest absolute Gasteiger partial charge is 0.391 e. The van der Waals surface area contributed by atoms with Gasteiger partial charge in [0, 0.05) is 6.61 Å². The van der Waals surface area contributed by atoms with Crippen molar-refractivity contribution in [1.82, 2.24) is 0 Å². The molecule has 0 saturated carbocycles. The van der Waals surface area contributed by atoms with Gasteiger partial charge in [-0.05, 0) is 13.3 Å². The summed E-state index contributed by atoms with van der Waals surface area (Å²) in [5.41, 5.74) is 0. The van der Waals surface area contributed by atoms with Gasteiger partial charge in [0.15, 0.2) is 0 Å². The van der Waals surface area contributed by atoms with Crippen molar-refractivity contribution in [2.24, 2.45) is 0 Å². The summed E-state index contributed by atoms with van der Waals surface area (Å²) >= 11 is 0. The van der Waals surface area contributed by atoms with E-state index < -0.39 is 0 Å². The predicted molar refractivity (Wildman–Crippen MR) is 83.6 cm³/mol. The number of unbranched alkanes of at least 4 members (excludes halogenated alkanes) is 11. The van der Waals surface area contributed by atoms with Gasteiger partial charge in [-0.25, -0.2) is 0 Å². The molecule has 0 aliphatic carbocycles. The van der Waals surface area contributed by atoms with Gasteiger partial charge in [0.05, 0.1) is 12.7 Å². The molecule has 0 spiro atoms. The maximum atomic E-state index is 9.02. The molecule has 0 heterocycles. The predicted octanol–water partition coefficient (Wildman–Crippen LogP) is 5.08. The number of ether oxygens (including phenoxy) is 1. The second kappa shape index (κ2) is 16.0. The lowest BCUT2D eigenvalue weighted by Gasteiger charge is -2.06. The third-order valence-corrected chi connectivity index (χ3v) is 3.50. The quantitative estimate of drug-likeness (QED) is 0.421. The molecule has 19 heavy (non-hydrogen) atoms. The number of aliphatic hydroxyl groups is 1. The molecule has 0 aromatic carbocycles. The molecule has 0 radical (unpaired) electrons. The Labute approximate surface area is 120 Å². The van der Waals surface area contributed by atoms with Crippen molar-refractivity contribution in [3.05, 3.63) is 0 Å². The van der Waals surface area contributed by atoms with Gasteiger partial charge >= 0.3 is 0 Å². The van der Waals surface area contributed by atoms with Crippen LogP contribution in [-0.2, 0) is 4.74 Å². The Kier molecular flexibility index (Phi) is 15.9. The van der Waals surface area contributed by atoms with Crippen molar-refractivity contribution in [3.63, 3.8) is 0 Å². The highest BCUT2D eigenvalue weighted by molar-refractivity contribution is 4.49. The summed E-state index contributed by atoms with van der Waals surface area (Å²) in [5.74, 6) is 0. The number of hydrogen-bond acceptors (Lipinski definition) is 2. The van der Waals surface area contributed by atoms with Gasteiger partial charge in [-0.1, -0.05) is 77.6 Å². The van der Waals surface area contributed by atoms with E-state index >= 15 is 0 Å². The second-order valence-electron chi connectivity index (χ2n) is 5.81. The van der Waals surface area contributed by atoms with E-state index in [1.165, 1.54) is 70.6 Å². The Bertz CT molecular complexity index is 157. The first-order valence-corrected chi connectivity index (χ1v) is 8.53. The fourth-order valence-electron chi connectivity index (χ4n) is 2.30. The minimum absolute atomic E-state index is 0.322. The van der Waals surface area contributed by atoms with E-state index in [1.807, 2.05) is 0 Å². The molecular weight excluding hydrogens is 236 g/mol. The number of rotatable bonds is 15. The molecule has 0 bridgehead atoms. The summed E-state index contributed by atoms with van der Waals surface area (Å²) in [6, 6.07) is 0. The molecule has 1 unspecified atom stereocenters. The lowest BCUT2D eigenvalue weighted by atomic mass is 10.1. The Balaban J connectivity index is 2.91. The highest BCUT2D eigenvalue weighted by Gasteiger charge is 1.96. The molecule has 116 valence electrons. The van der Waals surface area contributed by atoms with Crippen LogP contribution in [0.2, 0.25) is 0 Å². The monoisotopic (exact) mass is 272 g/mol. The zero-order valence-corrected chi connectivity index (χ0v) is 13.3. The van der Waals surface area contributed by atoms with Crippen LogP contribution >= 0.6 is 0 Å². The molecule has 0 saturated heterocycles. The van der Waals surface area contributed by atoms with E-state index in [-0.39, 0.29) is 6.10 Å². The summed E-state index contributed by atoms with van der Waals surface area (Å²) in [5, 5.41) is 9.02. The van der Waals surface area contributed by atoms with Crippen LogP contribution in [0, 0.1) is 0 Å². The molecule has 0 aromatic heterocycles. The summed E-state index contributed by atoms with van der Waals surface area (Å²) in [6.07, 6.45) is 16.1. The molecule has 1 atom stereocenters. The van der Waals surface area contributed by atoms with E-state index in [9.17, 15) is 0 Å². The van der Waals surface area contributed by atoms with E-state index in [0.717, 1.165) is 13.0 Å². The lowest BCUT2D eigenvalue weighted by Crippen LogP contribution is -2.10. The van der Waals surface area contributed by atoms with Crippen molar-refractivity contribution in [1.29, 1.82) is 0 Å². The molecule has 0 aliphatic rings. The smallest absolute Gasteiger partial charge is 0.0745 e. The Hall–Kier alpha value is -0.0800. The zero-order valence-electron chi connectivity index (χ0n) is 13.3. The molecule has 0 aliphatic heterocycles. The molecule has 2 nitrogen and oxygen atoms in total. The highest BCUT2D eigenvalue weighted by atomic mass is 16.5. The molecule has 1 N–H and O–H groups in total. The van der Waals surface area contributed by atoms with Crippen molar-refractivity contribution in [3.8, 4) is 0 Å². The summed E-state index contributed by atoms with van der Waals surface area (Å²) in [4.78, 5) is 0. The van der Waals surface area contributed by atoms with E-state index in [1.54, 1.807) is 6.92 Å². The van der Waals surface area contributed by atoms with Crippen molar-refractivity contribution >= 4 is 0 Å². The molecule has 0 amide bonds. The standard InChI is InChI=1S/C17H36O2/c1-3-4-5-6-7-8-9-10-11-12-13-14-15-19-16-17(2)18/h17-18H,3-16H2,1-2H3. The fourth-order valence-corrected chi connectivity index (χ4v) is 2.30. The lowest BCUT2D eigenvalue weighted by molar-refractivity contribution is 0.0445. The average Bonchev–Trinajstić information content (AvgIpc) is 2.39. The van der Waals surface area contributed by atoms with Crippen LogP contribution < -0.4 is 0 Å². The first-order chi connectivity index (χ1) is 9.27. The molecule has 0 fully saturated rings. The Morgan fingerprint density at radius 2 is 1.16 bits per heavy atom. The zero-order chi connectivity index (χ0) is 14.2. The minimum Gasteiger partial charge on any atom is -0.391 e. The highest BCUT2D eigenvalue weighted by Crippen LogP contribution is 2.11. The van der Waals surface area contributed by atoms with Crippen molar-refractivity contribution < 1.29 is 9.84 Å². The van der Waals surface area contributed by atoms with Crippen LogP contribution in [0.25, 0.3) is 0 Å². The van der Waals surface area contributed by atoms with Crippen molar-refractivity contribution in [2.75, 3.05) is 13.2 Å². The van der Waals surface area contributed by atoms with Crippen LogP contribution in [0.1, 0.15) is 90.9 Å². The number of hydrogen-bond donors (Lipinski definition) is 1. The van der Waals surface area contributed by atoms with E-state index in [0.29, 0.717) is 6.61 Å². The van der Waals surface area contributed by atoms with Gasteiger partial charge in [0.25, 0.3) is 0 Å². The molecule has 0 rings (SSSR count). The molecule has 0 aromatic rings. The van der Waals surface area contributed by atoms with Gasteiger partial charge in [0.1, 0.15) is 0 Å². The van der Waals surface area contributed by atoms with Gasteiger partial charge in [-0.15, -0.1) is 0 Å². The summed E-state index contributed by atoms with van der Waals surface area (Å²) in [7, 11) is 0. The van der Waals surface area contributed by atoms with Gasteiger partial charge in [-0.3, -0.25) is 0 Å². The first-order valence-electron chi connectivity index (χ1n) is 8.53. The Morgan fingerprint density at radius 3 is 1.58 bits per heavy atom. The number of aliphatic hydroxyl groups excluding tert-OH is 1. The fraction of sp³-hybridized carbons (Fsp3) is 1.00. The molecule has 2 heteroatoms. The second-order valence-corrected chi connectivity index (χ2v) is 5.81. The maximum Gasteiger partial charge on any atom is 0.0745 e. The maximum absolute atomic E-state index is 9.02. The van der Waals surface area contributed by atoms with Crippen LogP contribution in [0.15, 0.2) is 0 Å². The van der Waals surface area contributed by atoms with E-state index in [2.05, 4.69) is 6.92 Å². The van der Waals surface area contributed by atoms with Crippen LogP contribution in [0.5, 0.6) is 0 Å².